The number of aliphatic hydroxyl groups excluding tert-OH is 1. The molecule has 0 spiro atoms. The molecule has 1 saturated carbocycles. The molecule has 0 unspecified atom stereocenters. The quantitative estimate of drug-likeness (QED) is 0.908. The van der Waals surface area contributed by atoms with E-state index in [2.05, 4.69) is 29.2 Å². The number of nitrogens with zero attached hydrogens (tertiary/aromatic N) is 1. The summed E-state index contributed by atoms with van der Waals surface area (Å²) in [4.78, 5) is 2.47. The van der Waals surface area contributed by atoms with Gasteiger partial charge in [0.15, 0.2) is 0 Å². The summed E-state index contributed by atoms with van der Waals surface area (Å²) in [6.07, 6.45) is 6.55. The molecule has 1 aliphatic carbocycles. The third kappa shape index (κ3) is 2.83. The summed E-state index contributed by atoms with van der Waals surface area (Å²) in [6, 6.07) is 11.0. The lowest BCUT2D eigenvalue weighted by atomic mass is 9.93. The molecule has 3 rings (SSSR count). The molecule has 0 radical (unpaired) electrons. The zero-order chi connectivity index (χ0) is 13.1. The summed E-state index contributed by atoms with van der Waals surface area (Å²) in [5.74, 6) is 0. The van der Waals surface area contributed by atoms with E-state index in [0.29, 0.717) is 6.04 Å². The SMILES string of the molecule is OC[C@@H]1CN(C2CCCCC2)[C@@H](c2ccccc2)O1. The van der Waals surface area contributed by atoms with E-state index >= 15 is 0 Å². The van der Waals surface area contributed by atoms with Crippen molar-refractivity contribution in [3.8, 4) is 0 Å². The number of ether oxygens (including phenoxy) is 1. The first-order valence-corrected chi connectivity index (χ1v) is 7.45. The second kappa shape index (κ2) is 6.04. The summed E-state index contributed by atoms with van der Waals surface area (Å²) in [6.45, 7) is 0.979. The van der Waals surface area contributed by atoms with Crippen molar-refractivity contribution in [3.63, 3.8) is 0 Å². The topological polar surface area (TPSA) is 32.7 Å². The summed E-state index contributed by atoms with van der Waals surface area (Å²) in [7, 11) is 0. The monoisotopic (exact) mass is 261 g/mol. The first-order chi connectivity index (χ1) is 9.38. The minimum Gasteiger partial charge on any atom is -0.394 e. The Labute approximate surface area is 115 Å². The highest BCUT2D eigenvalue weighted by atomic mass is 16.5. The van der Waals surface area contributed by atoms with E-state index in [1.54, 1.807) is 0 Å². The van der Waals surface area contributed by atoms with Crippen LogP contribution in [0.25, 0.3) is 0 Å². The fraction of sp³-hybridized carbons (Fsp3) is 0.625. The van der Waals surface area contributed by atoms with Crippen LogP contribution in [-0.4, -0.2) is 35.3 Å². The molecule has 19 heavy (non-hydrogen) atoms. The molecular formula is C16H23NO2. The number of aliphatic hydroxyl groups is 1. The van der Waals surface area contributed by atoms with Gasteiger partial charge in [-0.1, -0.05) is 49.6 Å². The Morgan fingerprint density at radius 2 is 1.84 bits per heavy atom. The van der Waals surface area contributed by atoms with Crippen LogP contribution < -0.4 is 0 Å². The number of rotatable bonds is 3. The lowest BCUT2D eigenvalue weighted by Crippen LogP contribution is -2.37. The van der Waals surface area contributed by atoms with Crippen molar-refractivity contribution in [1.29, 1.82) is 0 Å². The molecule has 2 aliphatic rings. The zero-order valence-electron chi connectivity index (χ0n) is 11.4. The molecular weight excluding hydrogens is 238 g/mol. The van der Waals surface area contributed by atoms with Gasteiger partial charge >= 0.3 is 0 Å². The maximum absolute atomic E-state index is 9.40. The molecule has 3 heteroatoms. The Morgan fingerprint density at radius 1 is 1.11 bits per heavy atom. The molecule has 1 aliphatic heterocycles. The molecule has 1 aromatic rings. The molecule has 2 fully saturated rings. The summed E-state index contributed by atoms with van der Waals surface area (Å²) in [5, 5.41) is 9.40. The third-order valence-corrected chi connectivity index (χ3v) is 4.37. The van der Waals surface area contributed by atoms with Gasteiger partial charge in [0.2, 0.25) is 0 Å². The maximum Gasteiger partial charge on any atom is 0.137 e. The normalized spacial score (nSPS) is 29.7. The summed E-state index contributed by atoms with van der Waals surface area (Å²) < 4.78 is 6.04. The minimum atomic E-state index is -0.0351. The van der Waals surface area contributed by atoms with E-state index < -0.39 is 0 Å². The van der Waals surface area contributed by atoms with Crippen LogP contribution in [0.1, 0.15) is 43.9 Å². The molecule has 3 nitrogen and oxygen atoms in total. The van der Waals surface area contributed by atoms with Crippen molar-refractivity contribution >= 4 is 0 Å². The molecule has 0 aromatic heterocycles. The number of hydrogen-bond acceptors (Lipinski definition) is 3. The molecule has 0 bridgehead atoms. The molecule has 1 saturated heterocycles. The molecule has 104 valence electrons. The Bertz CT molecular complexity index is 389. The van der Waals surface area contributed by atoms with E-state index in [1.807, 2.05) is 6.07 Å². The average molecular weight is 261 g/mol. The Morgan fingerprint density at radius 3 is 2.53 bits per heavy atom. The van der Waals surface area contributed by atoms with Crippen molar-refractivity contribution in [1.82, 2.24) is 4.90 Å². The fourth-order valence-electron chi connectivity index (χ4n) is 3.38. The van der Waals surface area contributed by atoms with Crippen LogP contribution >= 0.6 is 0 Å². The second-order valence-electron chi connectivity index (χ2n) is 5.69. The van der Waals surface area contributed by atoms with Crippen molar-refractivity contribution < 1.29 is 9.84 Å². The van der Waals surface area contributed by atoms with Gasteiger partial charge in [0, 0.05) is 12.6 Å². The Balaban J connectivity index is 1.79. The summed E-state index contributed by atoms with van der Waals surface area (Å²) in [5.41, 5.74) is 1.21. The van der Waals surface area contributed by atoms with Crippen LogP contribution in [0.4, 0.5) is 0 Å². The van der Waals surface area contributed by atoms with Gasteiger partial charge in [0.05, 0.1) is 12.7 Å². The Kier molecular flexibility index (Phi) is 4.16. The van der Waals surface area contributed by atoms with Gasteiger partial charge < -0.3 is 9.84 Å². The average Bonchev–Trinajstić information content (AvgIpc) is 2.93. The van der Waals surface area contributed by atoms with Crippen LogP contribution in [0.2, 0.25) is 0 Å². The maximum atomic E-state index is 9.40. The highest BCUT2D eigenvalue weighted by molar-refractivity contribution is 5.18. The number of hydrogen-bond donors (Lipinski definition) is 1. The predicted molar refractivity (Wildman–Crippen MR) is 74.7 cm³/mol. The first-order valence-electron chi connectivity index (χ1n) is 7.45. The van der Waals surface area contributed by atoms with Gasteiger partial charge in [-0.15, -0.1) is 0 Å². The second-order valence-corrected chi connectivity index (χ2v) is 5.69. The van der Waals surface area contributed by atoms with E-state index in [4.69, 9.17) is 4.74 Å². The number of benzene rings is 1. The van der Waals surface area contributed by atoms with Crippen molar-refractivity contribution in [2.24, 2.45) is 0 Å². The lowest BCUT2D eigenvalue weighted by molar-refractivity contribution is -0.0343. The molecule has 0 amide bonds. The van der Waals surface area contributed by atoms with Gasteiger partial charge in [0.1, 0.15) is 6.23 Å². The smallest absolute Gasteiger partial charge is 0.137 e. The van der Waals surface area contributed by atoms with E-state index in [-0.39, 0.29) is 18.9 Å². The van der Waals surface area contributed by atoms with Gasteiger partial charge in [0.25, 0.3) is 0 Å². The van der Waals surface area contributed by atoms with Crippen LogP contribution in [-0.2, 0) is 4.74 Å². The fourth-order valence-corrected chi connectivity index (χ4v) is 3.38. The Hall–Kier alpha value is -0.900. The highest BCUT2D eigenvalue weighted by Crippen LogP contribution is 2.36. The zero-order valence-corrected chi connectivity index (χ0v) is 11.4. The van der Waals surface area contributed by atoms with Crippen LogP contribution in [0.15, 0.2) is 30.3 Å². The van der Waals surface area contributed by atoms with Crippen molar-refractivity contribution in [3.05, 3.63) is 35.9 Å². The molecule has 2 atom stereocenters. The third-order valence-electron chi connectivity index (χ3n) is 4.37. The van der Waals surface area contributed by atoms with Crippen molar-refractivity contribution in [2.45, 2.75) is 50.5 Å². The molecule has 1 aromatic carbocycles. The van der Waals surface area contributed by atoms with E-state index in [1.165, 1.54) is 37.7 Å². The van der Waals surface area contributed by atoms with Crippen LogP contribution in [0.5, 0.6) is 0 Å². The van der Waals surface area contributed by atoms with E-state index in [9.17, 15) is 5.11 Å². The molecule has 1 heterocycles. The van der Waals surface area contributed by atoms with E-state index in [0.717, 1.165) is 6.54 Å². The van der Waals surface area contributed by atoms with Crippen molar-refractivity contribution in [2.75, 3.05) is 13.2 Å². The molecule has 1 N–H and O–H groups in total. The predicted octanol–water partition coefficient (Wildman–Crippen LogP) is 2.71. The summed E-state index contributed by atoms with van der Waals surface area (Å²) >= 11 is 0. The standard InChI is InChI=1S/C16H23NO2/c18-12-15-11-17(14-9-5-2-6-10-14)16(19-15)13-7-3-1-4-8-13/h1,3-4,7-8,14-16,18H,2,5-6,9-12H2/t15-,16+/m0/s1. The van der Waals surface area contributed by atoms with Gasteiger partial charge in [-0.05, 0) is 18.4 Å². The van der Waals surface area contributed by atoms with Crippen LogP contribution in [0, 0.1) is 0 Å². The van der Waals surface area contributed by atoms with Gasteiger partial charge in [-0.3, -0.25) is 4.90 Å². The largest absolute Gasteiger partial charge is 0.394 e. The first kappa shape index (κ1) is 13.1. The van der Waals surface area contributed by atoms with Gasteiger partial charge in [-0.2, -0.15) is 0 Å². The minimum absolute atomic E-state index is 0.0291. The highest BCUT2D eigenvalue weighted by Gasteiger charge is 2.37. The lowest BCUT2D eigenvalue weighted by Gasteiger charge is -2.34. The van der Waals surface area contributed by atoms with Gasteiger partial charge in [-0.25, -0.2) is 0 Å². The van der Waals surface area contributed by atoms with Crippen LogP contribution in [0.3, 0.4) is 0 Å².